The van der Waals surface area contributed by atoms with Crippen molar-refractivity contribution in [3.05, 3.63) is 39.9 Å². The van der Waals surface area contributed by atoms with Crippen molar-refractivity contribution in [3.63, 3.8) is 0 Å². The van der Waals surface area contributed by atoms with Gasteiger partial charge < -0.3 is 9.88 Å². The van der Waals surface area contributed by atoms with Crippen LogP contribution in [0.1, 0.15) is 43.0 Å². The van der Waals surface area contributed by atoms with Gasteiger partial charge in [0, 0.05) is 25.4 Å². The van der Waals surface area contributed by atoms with Crippen LogP contribution in [0.2, 0.25) is 0 Å². The third-order valence-electron chi connectivity index (χ3n) is 5.18. The highest BCUT2D eigenvalue weighted by Gasteiger charge is 2.34. The number of H-pyrrole nitrogens is 1. The molecule has 0 bridgehead atoms. The quantitative estimate of drug-likeness (QED) is 0.946. The van der Waals surface area contributed by atoms with Crippen molar-refractivity contribution in [3.8, 4) is 0 Å². The molecule has 1 amide bonds. The molecule has 5 nitrogen and oxygen atoms in total. The number of aromatic nitrogens is 2. The van der Waals surface area contributed by atoms with Gasteiger partial charge in [-0.2, -0.15) is 0 Å². The number of nitrogens with zero attached hydrogens (tertiary/aromatic N) is 2. The lowest BCUT2D eigenvalue weighted by Crippen LogP contribution is -2.33. The lowest BCUT2D eigenvalue weighted by molar-refractivity contribution is -0.128. The molecule has 1 saturated heterocycles. The van der Waals surface area contributed by atoms with Crippen LogP contribution < -0.4 is 5.56 Å². The van der Waals surface area contributed by atoms with E-state index in [0.717, 1.165) is 12.1 Å². The van der Waals surface area contributed by atoms with E-state index in [2.05, 4.69) is 9.97 Å². The fraction of sp³-hybridized carbons (Fsp3) is 0.500. The van der Waals surface area contributed by atoms with Gasteiger partial charge in [0.2, 0.25) is 5.91 Å². The number of nitrogens with one attached hydrogen (secondary N) is 1. The number of rotatable bonds is 3. The Morgan fingerprint density at radius 3 is 2.87 bits per heavy atom. The van der Waals surface area contributed by atoms with Crippen molar-refractivity contribution in [2.75, 3.05) is 13.1 Å². The highest BCUT2D eigenvalue weighted by Crippen LogP contribution is 2.32. The fourth-order valence-electron chi connectivity index (χ4n) is 3.58. The zero-order valence-electron chi connectivity index (χ0n) is 13.3. The van der Waals surface area contributed by atoms with Crippen molar-refractivity contribution in [2.24, 2.45) is 5.92 Å². The first-order valence-corrected chi connectivity index (χ1v) is 8.38. The van der Waals surface area contributed by atoms with Gasteiger partial charge in [0.1, 0.15) is 5.82 Å². The molecule has 1 aliphatic heterocycles. The largest absolute Gasteiger partial charge is 0.342 e. The van der Waals surface area contributed by atoms with Crippen molar-refractivity contribution in [1.29, 1.82) is 0 Å². The minimum Gasteiger partial charge on any atom is -0.342 e. The third-order valence-corrected chi connectivity index (χ3v) is 5.18. The molecule has 1 aromatic heterocycles. The van der Waals surface area contributed by atoms with E-state index in [1.165, 1.54) is 19.3 Å². The Morgan fingerprint density at radius 2 is 2.13 bits per heavy atom. The molecule has 1 aliphatic carbocycles. The molecule has 1 unspecified atom stereocenters. The normalized spacial score (nSPS) is 21.9. The zero-order chi connectivity index (χ0) is 16.0. The average molecular weight is 311 g/mol. The number of hydrogen-bond acceptors (Lipinski definition) is 3. The minimum absolute atomic E-state index is 0.000907. The SMILES string of the molecule is Cc1ccc2nc(C3CC(=O)N(CC4CCC4)C3)[nH]c(=O)c2c1. The Morgan fingerprint density at radius 1 is 1.30 bits per heavy atom. The number of fused-ring (bicyclic) bond motifs is 1. The summed E-state index contributed by atoms with van der Waals surface area (Å²) in [6, 6.07) is 5.70. The summed E-state index contributed by atoms with van der Waals surface area (Å²) in [6.45, 7) is 3.50. The van der Waals surface area contributed by atoms with Crippen LogP contribution in [-0.4, -0.2) is 33.9 Å². The molecule has 2 aliphatic rings. The van der Waals surface area contributed by atoms with Crippen molar-refractivity contribution in [1.82, 2.24) is 14.9 Å². The molecular weight excluding hydrogens is 290 g/mol. The smallest absolute Gasteiger partial charge is 0.258 e. The molecule has 1 aromatic carbocycles. The average Bonchev–Trinajstić information content (AvgIpc) is 2.85. The third kappa shape index (κ3) is 2.64. The second-order valence-electron chi connectivity index (χ2n) is 6.97. The van der Waals surface area contributed by atoms with Gasteiger partial charge >= 0.3 is 0 Å². The van der Waals surface area contributed by atoms with Crippen LogP contribution in [0.25, 0.3) is 10.9 Å². The van der Waals surface area contributed by atoms with E-state index in [1.54, 1.807) is 0 Å². The molecule has 1 atom stereocenters. The Hall–Kier alpha value is -2.17. The molecule has 120 valence electrons. The number of amides is 1. The minimum atomic E-state index is -0.112. The first-order chi connectivity index (χ1) is 11.1. The molecule has 23 heavy (non-hydrogen) atoms. The predicted octanol–water partition coefficient (Wildman–Crippen LogP) is 2.35. The molecule has 2 fully saturated rings. The number of carbonyl (C=O) groups excluding carboxylic acids is 1. The summed E-state index contributed by atoms with van der Waals surface area (Å²) in [5.74, 6) is 1.51. The summed E-state index contributed by atoms with van der Waals surface area (Å²) >= 11 is 0. The van der Waals surface area contributed by atoms with Crippen molar-refractivity contribution >= 4 is 16.8 Å². The van der Waals surface area contributed by atoms with Crippen LogP contribution in [0.3, 0.4) is 0 Å². The second kappa shape index (κ2) is 5.48. The van der Waals surface area contributed by atoms with Crippen LogP contribution in [-0.2, 0) is 4.79 Å². The van der Waals surface area contributed by atoms with Crippen molar-refractivity contribution in [2.45, 2.75) is 38.5 Å². The van der Waals surface area contributed by atoms with Gasteiger partial charge in [-0.3, -0.25) is 9.59 Å². The van der Waals surface area contributed by atoms with Gasteiger partial charge in [-0.05, 0) is 37.8 Å². The van der Waals surface area contributed by atoms with Gasteiger partial charge in [0.05, 0.1) is 10.9 Å². The Kier molecular flexibility index (Phi) is 3.43. The van der Waals surface area contributed by atoms with Gasteiger partial charge in [-0.1, -0.05) is 18.1 Å². The second-order valence-corrected chi connectivity index (χ2v) is 6.97. The van der Waals surface area contributed by atoms with Crippen LogP contribution in [0, 0.1) is 12.8 Å². The first kappa shape index (κ1) is 14.4. The molecule has 1 N–H and O–H groups in total. The maximum atomic E-state index is 12.3. The molecule has 4 rings (SSSR count). The van der Waals surface area contributed by atoms with E-state index in [-0.39, 0.29) is 17.4 Å². The number of hydrogen-bond donors (Lipinski definition) is 1. The van der Waals surface area contributed by atoms with Gasteiger partial charge in [0.15, 0.2) is 0 Å². The molecule has 0 radical (unpaired) electrons. The van der Waals surface area contributed by atoms with Crippen molar-refractivity contribution < 1.29 is 4.79 Å². The summed E-state index contributed by atoms with van der Waals surface area (Å²) in [6.07, 6.45) is 4.21. The molecular formula is C18H21N3O2. The number of likely N-dealkylation sites (tertiary alicyclic amines) is 1. The number of benzene rings is 1. The number of aryl methyl sites for hydroxylation is 1. The van der Waals surface area contributed by atoms with Gasteiger partial charge in [-0.15, -0.1) is 0 Å². The van der Waals surface area contributed by atoms with E-state index >= 15 is 0 Å². The Balaban J connectivity index is 1.60. The van der Waals surface area contributed by atoms with Crippen LogP contribution in [0.5, 0.6) is 0 Å². The van der Waals surface area contributed by atoms with E-state index < -0.39 is 0 Å². The lowest BCUT2D eigenvalue weighted by Gasteiger charge is -2.30. The fourth-order valence-corrected chi connectivity index (χ4v) is 3.58. The highest BCUT2D eigenvalue weighted by atomic mass is 16.2. The molecule has 2 heterocycles. The Bertz CT molecular complexity index is 823. The lowest BCUT2D eigenvalue weighted by atomic mass is 9.85. The maximum Gasteiger partial charge on any atom is 0.258 e. The molecule has 0 spiro atoms. The summed E-state index contributed by atoms with van der Waals surface area (Å²) in [5, 5.41) is 0.615. The molecule has 1 saturated carbocycles. The molecule has 2 aromatic rings. The van der Waals surface area contributed by atoms with E-state index in [0.29, 0.717) is 35.6 Å². The summed E-state index contributed by atoms with van der Waals surface area (Å²) in [7, 11) is 0. The number of carbonyl (C=O) groups is 1. The van der Waals surface area contributed by atoms with E-state index in [9.17, 15) is 9.59 Å². The highest BCUT2D eigenvalue weighted by molar-refractivity contribution is 5.80. The summed E-state index contributed by atoms with van der Waals surface area (Å²) in [5.41, 5.74) is 1.64. The van der Waals surface area contributed by atoms with E-state index in [4.69, 9.17) is 0 Å². The summed E-state index contributed by atoms with van der Waals surface area (Å²) < 4.78 is 0. The predicted molar refractivity (Wildman–Crippen MR) is 88.4 cm³/mol. The van der Waals surface area contributed by atoms with Crippen LogP contribution >= 0.6 is 0 Å². The topological polar surface area (TPSA) is 66.1 Å². The van der Waals surface area contributed by atoms with Crippen LogP contribution in [0.15, 0.2) is 23.0 Å². The molecule has 5 heteroatoms. The van der Waals surface area contributed by atoms with Gasteiger partial charge in [0.25, 0.3) is 5.56 Å². The summed E-state index contributed by atoms with van der Waals surface area (Å²) in [4.78, 5) is 34.0. The van der Waals surface area contributed by atoms with E-state index in [1.807, 2.05) is 30.0 Å². The van der Waals surface area contributed by atoms with Crippen LogP contribution in [0.4, 0.5) is 0 Å². The monoisotopic (exact) mass is 311 g/mol. The standard InChI is InChI=1S/C18H21N3O2/c1-11-5-6-15-14(7-11)18(23)20-17(19-15)13-8-16(22)21(10-13)9-12-3-2-4-12/h5-7,12-13H,2-4,8-10H2,1H3,(H,19,20,23). The van der Waals surface area contributed by atoms with Gasteiger partial charge in [-0.25, -0.2) is 4.98 Å². The Labute approximate surface area is 134 Å². The number of aromatic amines is 1. The maximum absolute atomic E-state index is 12.3. The zero-order valence-corrected chi connectivity index (χ0v) is 13.3. The first-order valence-electron chi connectivity index (χ1n) is 8.38.